The average Bonchev–Trinajstić information content (AvgIpc) is 2.79. The Labute approximate surface area is 198 Å². The van der Waals surface area contributed by atoms with Crippen molar-refractivity contribution in [2.45, 2.75) is 137 Å². The summed E-state index contributed by atoms with van der Waals surface area (Å²) in [5.41, 5.74) is 0.479. The standard InChI is InChI=1S/C28H52O4/c1-5-9-12-14-16-18-21-31-27(29)24-26(23-25(8-4)20-11-7-3)28(30)32-22-19-17-15-13-10-6-2/h24-25H,5-23H2,1-4H3/b26-24-. The van der Waals surface area contributed by atoms with Gasteiger partial charge in [-0.3, -0.25) is 0 Å². The predicted octanol–water partition coefficient (Wildman–Crippen LogP) is 8.33. The van der Waals surface area contributed by atoms with E-state index in [0.717, 1.165) is 51.4 Å². The summed E-state index contributed by atoms with van der Waals surface area (Å²) < 4.78 is 10.9. The SMILES string of the molecule is CCCCCCCCOC(=O)/C=C(/CC(CC)CCCC)C(=O)OCCCCCCCC. The highest BCUT2D eigenvalue weighted by atomic mass is 16.5. The van der Waals surface area contributed by atoms with Crippen LogP contribution in [0.3, 0.4) is 0 Å². The lowest BCUT2D eigenvalue weighted by atomic mass is 9.91. The normalized spacial score (nSPS) is 12.6. The van der Waals surface area contributed by atoms with Crippen molar-refractivity contribution in [3.8, 4) is 0 Å². The quantitative estimate of drug-likeness (QED) is 0.0941. The van der Waals surface area contributed by atoms with Gasteiger partial charge in [0.15, 0.2) is 0 Å². The van der Waals surface area contributed by atoms with E-state index in [1.165, 1.54) is 57.4 Å². The molecule has 0 radical (unpaired) electrons. The van der Waals surface area contributed by atoms with Crippen molar-refractivity contribution in [2.75, 3.05) is 13.2 Å². The number of hydrogen-bond acceptors (Lipinski definition) is 4. The van der Waals surface area contributed by atoms with E-state index in [4.69, 9.17) is 9.47 Å². The van der Waals surface area contributed by atoms with E-state index >= 15 is 0 Å². The molecule has 0 aliphatic carbocycles. The second kappa shape index (κ2) is 22.9. The fraction of sp³-hybridized carbons (Fsp3) is 0.857. The Bertz CT molecular complexity index is 484. The minimum absolute atomic E-state index is 0.343. The molecule has 4 heteroatoms. The second-order valence-electron chi connectivity index (χ2n) is 9.13. The number of hydrogen-bond donors (Lipinski definition) is 0. The van der Waals surface area contributed by atoms with Gasteiger partial charge in [-0.25, -0.2) is 9.59 Å². The van der Waals surface area contributed by atoms with E-state index in [0.29, 0.717) is 31.1 Å². The number of carbonyl (C=O) groups is 2. The molecule has 0 rings (SSSR count). The average molecular weight is 453 g/mol. The Balaban J connectivity index is 4.62. The number of rotatable bonds is 22. The van der Waals surface area contributed by atoms with Gasteiger partial charge in [0.25, 0.3) is 0 Å². The molecule has 0 aromatic rings. The fourth-order valence-corrected chi connectivity index (χ4v) is 3.83. The van der Waals surface area contributed by atoms with Crippen molar-refractivity contribution in [3.63, 3.8) is 0 Å². The molecule has 0 saturated heterocycles. The molecule has 0 saturated carbocycles. The number of carbonyl (C=O) groups excluding carboxylic acids is 2. The summed E-state index contributed by atoms with van der Waals surface area (Å²) in [4.78, 5) is 25.1. The summed E-state index contributed by atoms with van der Waals surface area (Å²) in [5, 5.41) is 0. The van der Waals surface area contributed by atoms with Crippen LogP contribution in [0, 0.1) is 5.92 Å². The van der Waals surface area contributed by atoms with Gasteiger partial charge in [-0.05, 0) is 25.2 Å². The first kappa shape index (κ1) is 30.7. The molecule has 0 aliphatic heterocycles. The molecular formula is C28H52O4. The van der Waals surface area contributed by atoms with Crippen LogP contribution >= 0.6 is 0 Å². The second-order valence-corrected chi connectivity index (χ2v) is 9.13. The number of ether oxygens (including phenoxy) is 2. The molecule has 0 bridgehead atoms. The van der Waals surface area contributed by atoms with Crippen LogP contribution in [-0.2, 0) is 19.1 Å². The van der Waals surface area contributed by atoms with Crippen LogP contribution in [0.1, 0.15) is 137 Å². The summed E-state index contributed by atoms with van der Waals surface area (Å²) in [6, 6.07) is 0. The van der Waals surface area contributed by atoms with Gasteiger partial charge in [0.2, 0.25) is 0 Å². The van der Waals surface area contributed by atoms with Crippen molar-refractivity contribution in [2.24, 2.45) is 5.92 Å². The van der Waals surface area contributed by atoms with E-state index in [-0.39, 0.29) is 5.97 Å². The van der Waals surface area contributed by atoms with Gasteiger partial charge >= 0.3 is 11.9 Å². The zero-order valence-electron chi connectivity index (χ0n) is 21.7. The first-order chi connectivity index (χ1) is 15.6. The fourth-order valence-electron chi connectivity index (χ4n) is 3.83. The molecular weight excluding hydrogens is 400 g/mol. The monoisotopic (exact) mass is 452 g/mol. The van der Waals surface area contributed by atoms with Gasteiger partial charge in [-0.15, -0.1) is 0 Å². The van der Waals surface area contributed by atoms with Gasteiger partial charge in [0, 0.05) is 11.6 Å². The van der Waals surface area contributed by atoms with Crippen LogP contribution in [0.15, 0.2) is 11.6 Å². The molecule has 0 aromatic heterocycles. The summed E-state index contributed by atoms with van der Waals surface area (Å²) in [6.07, 6.45) is 20.1. The molecule has 1 atom stereocenters. The molecule has 32 heavy (non-hydrogen) atoms. The maximum atomic E-state index is 12.7. The topological polar surface area (TPSA) is 52.6 Å². The summed E-state index contributed by atoms with van der Waals surface area (Å²) in [7, 11) is 0. The number of esters is 2. The van der Waals surface area contributed by atoms with Gasteiger partial charge in [-0.2, -0.15) is 0 Å². The lowest BCUT2D eigenvalue weighted by molar-refractivity contribution is -0.141. The Hall–Kier alpha value is -1.32. The van der Waals surface area contributed by atoms with Gasteiger partial charge in [0.05, 0.1) is 13.2 Å². The number of unbranched alkanes of at least 4 members (excludes halogenated alkanes) is 11. The third-order valence-corrected chi connectivity index (χ3v) is 6.08. The predicted molar refractivity (Wildman–Crippen MR) is 135 cm³/mol. The highest BCUT2D eigenvalue weighted by Gasteiger charge is 2.18. The molecule has 188 valence electrons. The minimum Gasteiger partial charge on any atom is -0.463 e. The van der Waals surface area contributed by atoms with E-state index < -0.39 is 5.97 Å². The van der Waals surface area contributed by atoms with Crippen LogP contribution in [-0.4, -0.2) is 25.2 Å². The molecule has 0 spiro atoms. The van der Waals surface area contributed by atoms with Crippen LogP contribution in [0.25, 0.3) is 0 Å². The van der Waals surface area contributed by atoms with E-state index in [1.54, 1.807) is 0 Å². The van der Waals surface area contributed by atoms with Crippen LogP contribution in [0.5, 0.6) is 0 Å². The molecule has 0 fully saturated rings. The van der Waals surface area contributed by atoms with Gasteiger partial charge in [-0.1, -0.05) is 118 Å². The van der Waals surface area contributed by atoms with Crippen molar-refractivity contribution >= 4 is 11.9 Å². The van der Waals surface area contributed by atoms with Crippen LogP contribution in [0.2, 0.25) is 0 Å². The molecule has 4 nitrogen and oxygen atoms in total. The van der Waals surface area contributed by atoms with Crippen molar-refractivity contribution < 1.29 is 19.1 Å². The van der Waals surface area contributed by atoms with E-state index in [9.17, 15) is 9.59 Å². The van der Waals surface area contributed by atoms with E-state index in [1.807, 2.05) is 0 Å². The van der Waals surface area contributed by atoms with Crippen LogP contribution < -0.4 is 0 Å². The first-order valence-corrected chi connectivity index (χ1v) is 13.6. The van der Waals surface area contributed by atoms with Gasteiger partial charge in [0.1, 0.15) is 0 Å². The largest absolute Gasteiger partial charge is 0.463 e. The minimum atomic E-state index is -0.407. The third-order valence-electron chi connectivity index (χ3n) is 6.08. The lowest BCUT2D eigenvalue weighted by Gasteiger charge is -2.16. The summed E-state index contributed by atoms with van der Waals surface area (Å²) in [6.45, 7) is 9.59. The molecule has 1 unspecified atom stereocenters. The molecule has 0 N–H and O–H groups in total. The van der Waals surface area contributed by atoms with Crippen molar-refractivity contribution in [1.29, 1.82) is 0 Å². The maximum Gasteiger partial charge on any atom is 0.334 e. The highest BCUT2D eigenvalue weighted by Crippen LogP contribution is 2.22. The summed E-state index contributed by atoms with van der Waals surface area (Å²) >= 11 is 0. The smallest absolute Gasteiger partial charge is 0.334 e. The Morgan fingerprint density at radius 1 is 0.656 bits per heavy atom. The Morgan fingerprint density at radius 3 is 1.69 bits per heavy atom. The molecule has 0 aliphatic rings. The Morgan fingerprint density at radius 2 is 1.16 bits per heavy atom. The maximum absolute atomic E-state index is 12.7. The zero-order valence-corrected chi connectivity index (χ0v) is 21.7. The van der Waals surface area contributed by atoms with E-state index in [2.05, 4.69) is 27.7 Å². The molecule has 0 amide bonds. The molecule has 0 heterocycles. The van der Waals surface area contributed by atoms with Crippen molar-refractivity contribution in [1.82, 2.24) is 0 Å². The highest BCUT2D eigenvalue weighted by molar-refractivity contribution is 5.96. The Kier molecular flexibility index (Phi) is 21.9. The third kappa shape index (κ3) is 18.3. The van der Waals surface area contributed by atoms with Crippen LogP contribution in [0.4, 0.5) is 0 Å². The molecule has 0 aromatic carbocycles. The van der Waals surface area contributed by atoms with Gasteiger partial charge < -0.3 is 9.47 Å². The lowest BCUT2D eigenvalue weighted by Crippen LogP contribution is -2.15. The summed E-state index contributed by atoms with van der Waals surface area (Å²) in [5.74, 6) is -0.352. The first-order valence-electron chi connectivity index (χ1n) is 13.6. The van der Waals surface area contributed by atoms with Crippen molar-refractivity contribution in [3.05, 3.63) is 11.6 Å². The zero-order chi connectivity index (χ0) is 23.9.